The van der Waals surface area contributed by atoms with Gasteiger partial charge in [-0.2, -0.15) is 10.4 Å². The Kier molecular flexibility index (Phi) is 11.1. The van der Waals surface area contributed by atoms with Crippen molar-refractivity contribution in [1.82, 2.24) is 16.1 Å². The van der Waals surface area contributed by atoms with E-state index >= 15 is 0 Å². The number of thiocarbonyl (C=S) groups is 1. The van der Waals surface area contributed by atoms with Crippen LogP contribution >= 0.6 is 23.8 Å². The maximum atomic E-state index is 12.7. The molecule has 13 heteroatoms. The van der Waals surface area contributed by atoms with E-state index in [-0.39, 0.29) is 30.6 Å². The summed E-state index contributed by atoms with van der Waals surface area (Å²) in [5.74, 6) is -0.0534. The van der Waals surface area contributed by atoms with Crippen LogP contribution in [0.15, 0.2) is 52.8 Å². The first-order valence-electron chi connectivity index (χ1n) is 12.2. The van der Waals surface area contributed by atoms with Gasteiger partial charge < -0.3 is 29.6 Å². The molecular formula is C27H28ClN5O6S. The first-order chi connectivity index (χ1) is 19.3. The van der Waals surface area contributed by atoms with Crippen molar-refractivity contribution in [1.29, 1.82) is 5.26 Å². The number of nitrogens with one attached hydrogen (secondary N) is 3. The average Bonchev–Trinajstić information content (AvgIpc) is 2.91. The van der Waals surface area contributed by atoms with E-state index in [2.05, 4.69) is 21.2 Å². The Morgan fingerprint density at radius 1 is 1.18 bits per heavy atom. The molecule has 0 unspecified atom stereocenters. The van der Waals surface area contributed by atoms with Crippen LogP contribution in [0.25, 0.3) is 0 Å². The predicted molar refractivity (Wildman–Crippen MR) is 152 cm³/mol. The molecule has 0 radical (unpaired) electrons. The van der Waals surface area contributed by atoms with Gasteiger partial charge in [-0.3, -0.25) is 4.79 Å². The first kappa shape index (κ1) is 30.2. The van der Waals surface area contributed by atoms with Crippen molar-refractivity contribution in [2.45, 2.75) is 26.8 Å². The molecule has 1 aliphatic rings. The van der Waals surface area contributed by atoms with Crippen molar-refractivity contribution in [3.8, 4) is 23.3 Å². The van der Waals surface area contributed by atoms with E-state index in [9.17, 15) is 9.59 Å². The fourth-order valence-electron chi connectivity index (χ4n) is 3.78. The second-order valence-corrected chi connectivity index (χ2v) is 8.94. The number of benzene rings is 2. The third-order valence-corrected chi connectivity index (χ3v) is 5.87. The molecule has 0 saturated carbocycles. The molecule has 0 aliphatic carbocycles. The summed E-state index contributed by atoms with van der Waals surface area (Å²) in [6.07, 6.45) is 1.38. The highest BCUT2D eigenvalue weighted by atomic mass is 35.5. The molecule has 2 aromatic rings. The van der Waals surface area contributed by atoms with Gasteiger partial charge in [0.1, 0.15) is 11.8 Å². The molecule has 3 N–H and O–H groups in total. The van der Waals surface area contributed by atoms with Crippen LogP contribution in [-0.4, -0.2) is 49.6 Å². The normalized spacial score (nSPS) is 14.6. The number of ether oxygens (including phenoxy) is 4. The highest BCUT2D eigenvalue weighted by Crippen LogP contribution is 2.36. The maximum absolute atomic E-state index is 12.7. The smallest absolute Gasteiger partial charge is 0.338 e. The van der Waals surface area contributed by atoms with Crippen molar-refractivity contribution in [3.63, 3.8) is 0 Å². The maximum Gasteiger partial charge on any atom is 0.338 e. The fourth-order valence-corrected chi connectivity index (χ4v) is 4.33. The predicted octanol–water partition coefficient (Wildman–Crippen LogP) is 3.53. The molecule has 210 valence electrons. The zero-order chi connectivity index (χ0) is 29.1. The number of carbonyl (C=O) groups excluding carboxylic acids is 2. The van der Waals surface area contributed by atoms with Crippen LogP contribution in [0.1, 0.15) is 37.9 Å². The van der Waals surface area contributed by atoms with Gasteiger partial charge in [0.15, 0.2) is 29.8 Å². The van der Waals surface area contributed by atoms with Gasteiger partial charge in [0.25, 0.3) is 5.91 Å². The second kappa shape index (κ2) is 14.7. The van der Waals surface area contributed by atoms with Crippen molar-refractivity contribution in [2.75, 3.05) is 26.4 Å². The highest BCUT2D eigenvalue weighted by molar-refractivity contribution is 7.80. The largest absolute Gasteiger partial charge is 0.490 e. The van der Waals surface area contributed by atoms with Crippen molar-refractivity contribution in [3.05, 3.63) is 63.8 Å². The third-order valence-electron chi connectivity index (χ3n) is 5.37. The van der Waals surface area contributed by atoms with Gasteiger partial charge in [0, 0.05) is 11.3 Å². The number of esters is 1. The lowest BCUT2D eigenvalue weighted by molar-refractivity contribution is -0.139. The molecule has 1 aliphatic heterocycles. The SMILES string of the molecule is CCOC(=O)C1=C(C)NC(=S)N[C@H]1c1ccccc1OCC(=O)NN=Cc1cc(Cl)c(OCC#N)c(OCC)c1. The molecule has 11 nitrogen and oxygen atoms in total. The summed E-state index contributed by atoms with van der Waals surface area (Å²) in [5.41, 5.74) is 4.45. The molecule has 0 saturated heterocycles. The number of para-hydroxylation sites is 1. The molecule has 0 spiro atoms. The van der Waals surface area contributed by atoms with E-state index in [1.165, 1.54) is 6.21 Å². The topological polar surface area (TPSA) is 143 Å². The van der Waals surface area contributed by atoms with Crippen molar-refractivity contribution >= 4 is 47.0 Å². The molecule has 2 aromatic carbocycles. The molecule has 0 aromatic heterocycles. The lowest BCUT2D eigenvalue weighted by atomic mass is 9.95. The molecule has 40 heavy (non-hydrogen) atoms. The van der Waals surface area contributed by atoms with Crippen LogP contribution in [0.3, 0.4) is 0 Å². The van der Waals surface area contributed by atoms with Gasteiger partial charge in [-0.1, -0.05) is 29.8 Å². The molecule has 0 fully saturated rings. The number of rotatable bonds is 12. The summed E-state index contributed by atoms with van der Waals surface area (Å²) < 4.78 is 21.9. The zero-order valence-corrected chi connectivity index (χ0v) is 23.6. The molecule has 3 rings (SSSR count). The van der Waals surface area contributed by atoms with Crippen LogP contribution in [0.5, 0.6) is 17.2 Å². The van der Waals surface area contributed by atoms with Gasteiger partial charge in [-0.25, -0.2) is 10.2 Å². The van der Waals surface area contributed by atoms with Gasteiger partial charge in [-0.15, -0.1) is 0 Å². The number of hydrazone groups is 1. The van der Waals surface area contributed by atoms with Crippen LogP contribution in [-0.2, 0) is 14.3 Å². The lowest BCUT2D eigenvalue weighted by Gasteiger charge is -2.30. The number of halogens is 1. The van der Waals surface area contributed by atoms with E-state index in [0.29, 0.717) is 45.6 Å². The van der Waals surface area contributed by atoms with Crippen LogP contribution in [0.2, 0.25) is 5.02 Å². The van der Waals surface area contributed by atoms with Gasteiger partial charge in [0.05, 0.1) is 36.1 Å². The number of hydrogen-bond acceptors (Lipinski definition) is 9. The number of nitrogens with zero attached hydrogens (tertiary/aromatic N) is 2. The fraction of sp³-hybridized carbons (Fsp3) is 0.296. The summed E-state index contributed by atoms with van der Waals surface area (Å²) in [6, 6.07) is 11.4. The summed E-state index contributed by atoms with van der Waals surface area (Å²) in [4.78, 5) is 25.2. The molecule has 1 atom stereocenters. The van der Waals surface area contributed by atoms with Crippen LogP contribution in [0, 0.1) is 11.3 Å². The Morgan fingerprint density at radius 3 is 2.67 bits per heavy atom. The van der Waals surface area contributed by atoms with Gasteiger partial charge in [0.2, 0.25) is 0 Å². The summed E-state index contributed by atoms with van der Waals surface area (Å²) in [6.45, 7) is 5.28. The molecule has 1 heterocycles. The minimum Gasteiger partial charge on any atom is -0.490 e. The van der Waals surface area contributed by atoms with Gasteiger partial charge in [-0.05, 0) is 56.8 Å². The van der Waals surface area contributed by atoms with Crippen molar-refractivity contribution < 1.29 is 28.5 Å². The van der Waals surface area contributed by atoms with E-state index in [1.54, 1.807) is 57.2 Å². The van der Waals surface area contributed by atoms with E-state index in [1.807, 2.05) is 6.07 Å². The quantitative estimate of drug-likeness (QED) is 0.146. The highest BCUT2D eigenvalue weighted by Gasteiger charge is 2.32. The Hall–Kier alpha value is -4.34. The Morgan fingerprint density at radius 2 is 1.95 bits per heavy atom. The molecule has 0 bridgehead atoms. The van der Waals surface area contributed by atoms with E-state index in [4.69, 9.17) is 48.0 Å². The second-order valence-electron chi connectivity index (χ2n) is 8.12. The standard InChI is InChI=1S/C27H28ClN5O6S/c1-4-36-21-13-17(12-19(28)25(21)38-11-10-29)14-30-33-22(34)15-39-20-9-7-6-8-18(20)24-23(26(35)37-5-2)16(3)31-27(40)32-24/h6-9,12-14,24H,4-5,11,15H2,1-3H3,(H,33,34)(H2,31,32,40)/t24-/m0/s1. The summed E-state index contributed by atoms with van der Waals surface area (Å²) in [7, 11) is 0. The number of hydrogen-bond donors (Lipinski definition) is 3. The number of amides is 1. The Labute approximate surface area is 242 Å². The number of carbonyl (C=O) groups is 2. The summed E-state index contributed by atoms with van der Waals surface area (Å²) >= 11 is 11.6. The number of allylic oxidation sites excluding steroid dienone is 1. The van der Waals surface area contributed by atoms with Crippen LogP contribution in [0.4, 0.5) is 0 Å². The Balaban J connectivity index is 1.70. The van der Waals surface area contributed by atoms with E-state index < -0.39 is 17.9 Å². The number of nitriles is 1. The monoisotopic (exact) mass is 585 g/mol. The van der Waals surface area contributed by atoms with Crippen LogP contribution < -0.4 is 30.3 Å². The first-order valence-corrected chi connectivity index (χ1v) is 13.0. The zero-order valence-electron chi connectivity index (χ0n) is 22.1. The Bertz CT molecular complexity index is 1370. The van der Waals surface area contributed by atoms with Gasteiger partial charge >= 0.3 is 5.97 Å². The average molecular weight is 586 g/mol. The lowest BCUT2D eigenvalue weighted by Crippen LogP contribution is -2.45. The minimum atomic E-state index is -0.644. The third kappa shape index (κ3) is 7.84. The minimum absolute atomic E-state index is 0.188. The van der Waals surface area contributed by atoms with Crippen molar-refractivity contribution in [2.24, 2.45) is 5.10 Å². The summed E-state index contributed by atoms with van der Waals surface area (Å²) in [5, 5.41) is 19.3. The molecular weight excluding hydrogens is 558 g/mol. The van der Waals surface area contributed by atoms with E-state index in [0.717, 1.165) is 0 Å². The molecule has 1 amide bonds.